The average Bonchev–Trinajstić information content (AvgIpc) is 2.38. The molecule has 1 unspecified atom stereocenters. The van der Waals surface area contributed by atoms with Crippen molar-refractivity contribution >= 4 is 23.1 Å². The fourth-order valence-electron chi connectivity index (χ4n) is 1.97. The van der Waals surface area contributed by atoms with Gasteiger partial charge in [0.1, 0.15) is 4.99 Å². The number of rotatable bonds is 2. The Morgan fingerprint density at radius 2 is 2.00 bits per heavy atom. The molecule has 0 saturated carbocycles. The van der Waals surface area contributed by atoms with Gasteiger partial charge in [-0.1, -0.05) is 24.4 Å². The quantitative estimate of drug-likeness (QED) is 0.815. The predicted molar refractivity (Wildman–Crippen MR) is 73.6 cm³/mol. The highest BCUT2D eigenvalue weighted by Crippen LogP contribution is 2.13. The number of hydrogen-bond acceptors (Lipinski definition) is 3. The number of nitrogens with zero attached hydrogens (tertiary/aromatic N) is 1. The minimum Gasteiger partial charge on any atom is -0.389 e. The van der Waals surface area contributed by atoms with Crippen LogP contribution in [0.4, 0.5) is 0 Å². The van der Waals surface area contributed by atoms with Crippen LogP contribution in [0.1, 0.15) is 22.8 Å². The highest BCUT2D eigenvalue weighted by molar-refractivity contribution is 7.80. The fraction of sp³-hybridized carbons (Fsp3) is 0.385. The van der Waals surface area contributed by atoms with E-state index >= 15 is 0 Å². The van der Waals surface area contributed by atoms with Crippen LogP contribution in [-0.2, 0) is 4.74 Å². The van der Waals surface area contributed by atoms with Crippen molar-refractivity contribution in [3.63, 3.8) is 0 Å². The van der Waals surface area contributed by atoms with E-state index in [0.717, 1.165) is 5.56 Å². The number of morpholine rings is 1. The third-order valence-corrected chi connectivity index (χ3v) is 3.28. The summed E-state index contributed by atoms with van der Waals surface area (Å²) in [6.45, 7) is 3.81. The van der Waals surface area contributed by atoms with Crippen molar-refractivity contribution in [2.24, 2.45) is 5.73 Å². The molecule has 4 nitrogen and oxygen atoms in total. The van der Waals surface area contributed by atoms with Crippen LogP contribution in [0, 0.1) is 0 Å². The third-order valence-electron chi connectivity index (χ3n) is 3.04. The van der Waals surface area contributed by atoms with Crippen molar-refractivity contribution in [1.82, 2.24) is 4.90 Å². The lowest BCUT2D eigenvalue weighted by Crippen LogP contribution is -2.47. The SMILES string of the molecule is CC1COCCN1C(=O)c1ccc(C(N)=S)cc1. The first-order valence-corrected chi connectivity index (χ1v) is 6.29. The molecule has 96 valence electrons. The molecule has 0 aromatic heterocycles. The molecule has 1 saturated heterocycles. The maximum absolute atomic E-state index is 12.3. The van der Waals surface area contributed by atoms with Gasteiger partial charge in [-0.25, -0.2) is 0 Å². The van der Waals surface area contributed by atoms with Crippen LogP contribution in [-0.4, -0.2) is 41.6 Å². The molecule has 1 fully saturated rings. The van der Waals surface area contributed by atoms with Crippen molar-refractivity contribution in [2.75, 3.05) is 19.8 Å². The van der Waals surface area contributed by atoms with Crippen molar-refractivity contribution < 1.29 is 9.53 Å². The lowest BCUT2D eigenvalue weighted by atomic mass is 10.1. The molecule has 1 aliphatic heterocycles. The van der Waals surface area contributed by atoms with Crippen LogP contribution in [0.5, 0.6) is 0 Å². The van der Waals surface area contributed by atoms with E-state index in [2.05, 4.69) is 0 Å². The van der Waals surface area contributed by atoms with E-state index in [1.54, 1.807) is 24.3 Å². The molecule has 1 atom stereocenters. The molecule has 1 aromatic carbocycles. The number of hydrogen-bond donors (Lipinski definition) is 1. The topological polar surface area (TPSA) is 55.6 Å². The zero-order valence-corrected chi connectivity index (χ0v) is 11.1. The molecular formula is C13H16N2O2S. The van der Waals surface area contributed by atoms with Gasteiger partial charge in [0, 0.05) is 17.7 Å². The Balaban J connectivity index is 2.15. The minimum absolute atomic E-state index is 0.0280. The standard InChI is InChI=1S/C13H16N2O2S/c1-9-8-17-7-6-15(9)13(16)11-4-2-10(3-5-11)12(14)18/h2-5,9H,6-8H2,1H3,(H2,14,18). The Morgan fingerprint density at radius 1 is 1.39 bits per heavy atom. The zero-order valence-electron chi connectivity index (χ0n) is 10.3. The first-order valence-electron chi connectivity index (χ1n) is 5.88. The summed E-state index contributed by atoms with van der Waals surface area (Å²) in [6.07, 6.45) is 0. The monoisotopic (exact) mass is 264 g/mol. The first kappa shape index (κ1) is 13.0. The van der Waals surface area contributed by atoms with Gasteiger partial charge < -0.3 is 15.4 Å². The zero-order chi connectivity index (χ0) is 13.1. The summed E-state index contributed by atoms with van der Waals surface area (Å²) in [6, 6.07) is 7.20. The Morgan fingerprint density at radius 3 is 2.56 bits per heavy atom. The summed E-state index contributed by atoms with van der Waals surface area (Å²) in [5.74, 6) is 0.0280. The summed E-state index contributed by atoms with van der Waals surface area (Å²) in [5, 5.41) is 0. The van der Waals surface area contributed by atoms with Gasteiger partial charge in [-0.15, -0.1) is 0 Å². The first-order chi connectivity index (χ1) is 8.59. The number of carbonyl (C=O) groups excluding carboxylic acids is 1. The normalized spacial score (nSPS) is 19.6. The lowest BCUT2D eigenvalue weighted by Gasteiger charge is -2.33. The highest BCUT2D eigenvalue weighted by Gasteiger charge is 2.24. The Bertz CT molecular complexity index is 459. The largest absolute Gasteiger partial charge is 0.389 e. The Kier molecular flexibility index (Phi) is 3.93. The van der Waals surface area contributed by atoms with Crippen LogP contribution in [0.25, 0.3) is 0 Å². The highest BCUT2D eigenvalue weighted by atomic mass is 32.1. The molecule has 1 amide bonds. The van der Waals surface area contributed by atoms with Crippen LogP contribution in [0.15, 0.2) is 24.3 Å². The Labute approximate surface area is 112 Å². The predicted octanol–water partition coefficient (Wildman–Crippen LogP) is 1.18. The third kappa shape index (κ3) is 2.68. The molecule has 1 aliphatic rings. The fourth-order valence-corrected chi connectivity index (χ4v) is 2.11. The van der Waals surface area contributed by atoms with Crippen LogP contribution >= 0.6 is 12.2 Å². The van der Waals surface area contributed by atoms with Crippen molar-refractivity contribution in [3.8, 4) is 0 Å². The van der Waals surface area contributed by atoms with Crippen LogP contribution < -0.4 is 5.73 Å². The number of nitrogens with two attached hydrogens (primary N) is 1. The maximum Gasteiger partial charge on any atom is 0.254 e. The summed E-state index contributed by atoms with van der Waals surface area (Å²) in [4.78, 5) is 14.5. The summed E-state index contributed by atoms with van der Waals surface area (Å²) in [5.41, 5.74) is 6.96. The van der Waals surface area contributed by atoms with E-state index in [1.165, 1.54) is 0 Å². The molecule has 0 bridgehead atoms. The molecule has 0 radical (unpaired) electrons. The van der Waals surface area contributed by atoms with Gasteiger partial charge in [-0.3, -0.25) is 4.79 Å². The second kappa shape index (κ2) is 5.46. The number of ether oxygens (including phenoxy) is 1. The summed E-state index contributed by atoms with van der Waals surface area (Å²) >= 11 is 4.88. The van der Waals surface area contributed by atoms with E-state index < -0.39 is 0 Å². The van der Waals surface area contributed by atoms with E-state index in [0.29, 0.717) is 30.3 Å². The van der Waals surface area contributed by atoms with Crippen LogP contribution in [0.2, 0.25) is 0 Å². The Hall–Kier alpha value is -1.46. The van der Waals surface area contributed by atoms with Gasteiger partial charge in [0.05, 0.1) is 19.3 Å². The number of carbonyl (C=O) groups is 1. The number of benzene rings is 1. The van der Waals surface area contributed by atoms with E-state index in [1.807, 2.05) is 11.8 Å². The summed E-state index contributed by atoms with van der Waals surface area (Å²) in [7, 11) is 0. The van der Waals surface area contributed by atoms with Crippen molar-refractivity contribution in [1.29, 1.82) is 0 Å². The second-order valence-corrected chi connectivity index (χ2v) is 4.80. The van der Waals surface area contributed by atoms with Gasteiger partial charge in [0.15, 0.2) is 0 Å². The van der Waals surface area contributed by atoms with Gasteiger partial charge >= 0.3 is 0 Å². The molecule has 18 heavy (non-hydrogen) atoms. The van der Waals surface area contributed by atoms with Crippen molar-refractivity contribution in [3.05, 3.63) is 35.4 Å². The molecule has 0 aliphatic carbocycles. The number of amides is 1. The summed E-state index contributed by atoms with van der Waals surface area (Å²) < 4.78 is 5.32. The maximum atomic E-state index is 12.3. The number of thiocarbonyl (C=S) groups is 1. The molecular weight excluding hydrogens is 248 g/mol. The van der Waals surface area contributed by atoms with Gasteiger partial charge in [-0.2, -0.15) is 0 Å². The molecule has 5 heteroatoms. The molecule has 1 heterocycles. The lowest BCUT2D eigenvalue weighted by molar-refractivity contribution is 0.00359. The average molecular weight is 264 g/mol. The molecule has 1 aromatic rings. The van der Waals surface area contributed by atoms with Gasteiger partial charge in [0.25, 0.3) is 5.91 Å². The van der Waals surface area contributed by atoms with E-state index in [9.17, 15) is 4.79 Å². The van der Waals surface area contributed by atoms with Gasteiger partial charge in [0.2, 0.25) is 0 Å². The smallest absolute Gasteiger partial charge is 0.254 e. The van der Waals surface area contributed by atoms with E-state index in [4.69, 9.17) is 22.7 Å². The van der Waals surface area contributed by atoms with Crippen molar-refractivity contribution in [2.45, 2.75) is 13.0 Å². The molecule has 0 spiro atoms. The van der Waals surface area contributed by atoms with E-state index in [-0.39, 0.29) is 11.9 Å². The second-order valence-electron chi connectivity index (χ2n) is 4.36. The minimum atomic E-state index is 0.0280. The van der Waals surface area contributed by atoms with Gasteiger partial charge in [-0.05, 0) is 19.1 Å². The molecule has 2 N–H and O–H groups in total. The molecule has 2 rings (SSSR count). The van der Waals surface area contributed by atoms with Crippen LogP contribution in [0.3, 0.4) is 0 Å².